The van der Waals surface area contributed by atoms with Crippen LogP contribution < -0.4 is 5.32 Å². The Morgan fingerprint density at radius 2 is 1.81 bits per heavy atom. The summed E-state index contributed by atoms with van der Waals surface area (Å²) in [7, 11) is 0. The first-order valence-electron chi connectivity index (χ1n) is 9.77. The second-order valence-corrected chi connectivity index (χ2v) is 8.21. The van der Waals surface area contributed by atoms with Gasteiger partial charge in [-0.3, -0.25) is 4.79 Å². The predicted octanol–water partition coefficient (Wildman–Crippen LogP) is 4.97. The van der Waals surface area contributed by atoms with Gasteiger partial charge in [-0.25, -0.2) is 9.07 Å². The third kappa shape index (κ3) is 3.92. The Morgan fingerprint density at radius 1 is 1.13 bits per heavy atom. The van der Waals surface area contributed by atoms with Crippen LogP contribution in [0.5, 0.6) is 0 Å². The van der Waals surface area contributed by atoms with Crippen molar-refractivity contribution in [2.75, 3.05) is 0 Å². The molecule has 0 radical (unpaired) electrons. The molecule has 1 aliphatic rings. The molecule has 1 atom stereocenters. The minimum atomic E-state index is -4.89. The summed E-state index contributed by atoms with van der Waals surface area (Å²) < 4.78 is 55.2. The van der Waals surface area contributed by atoms with Crippen molar-refractivity contribution in [2.24, 2.45) is 0 Å². The topological polar surface area (TPSA) is 59.8 Å². The molecule has 0 bridgehead atoms. The fraction of sp³-hybridized carbons (Fsp3) is 0.318. The van der Waals surface area contributed by atoms with E-state index in [1.165, 1.54) is 0 Å². The summed E-state index contributed by atoms with van der Waals surface area (Å²) in [5, 5.41) is 9.75. The Labute approximate surface area is 176 Å². The lowest BCUT2D eigenvalue weighted by molar-refractivity contribution is -0.143. The zero-order chi connectivity index (χ0) is 22.4. The van der Waals surface area contributed by atoms with Crippen LogP contribution in [-0.2, 0) is 11.6 Å². The molecule has 0 aliphatic heterocycles. The number of nitrogens with zero attached hydrogens (tertiary/aromatic N) is 3. The van der Waals surface area contributed by atoms with Crippen molar-refractivity contribution in [3.63, 3.8) is 0 Å². The first-order valence-corrected chi connectivity index (χ1v) is 9.77. The highest BCUT2D eigenvalue weighted by Gasteiger charge is 2.43. The molecule has 2 aromatic carbocycles. The fourth-order valence-electron chi connectivity index (χ4n) is 4.04. The van der Waals surface area contributed by atoms with Gasteiger partial charge in [-0.05, 0) is 53.6 Å². The molecule has 0 saturated carbocycles. The number of hydrogen-bond donors (Lipinski definition) is 1. The number of carbonyl (C=O) groups is 1. The summed E-state index contributed by atoms with van der Waals surface area (Å²) in [4.78, 5) is 12.9. The Bertz CT molecular complexity index is 1120. The molecule has 1 aliphatic carbocycles. The third-order valence-corrected chi connectivity index (χ3v) is 5.65. The monoisotopic (exact) mass is 432 g/mol. The van der Waals surface area contributed by atoms with Crippen LogP contribution in [0.2, 0.25) is 0 Å². The maximum Gasteiger partial charge on any atom is 0.435 e. The zero-order valence-corrected chi connectivity index (χ0v) is 16.9. The number of hydrogen-bond acceptors (Lipinski definition) is 3. The molecule has 1 N–H and O–H groups in total. The van der Waals surface area contributed by atoms with Crippen LogP contribution in [0.1, 0.15) is 60.0 Å². The zero-order valence-electron chi connectivity index (χ0n) is 16.9. The van der Waals surface area contributed by atoms with Crippen LogP contribution in [0.3, 0.4) is 0 Å². The van der Waals surface area contributed by atoms with Gasteiger partial charge in [0.2, 0.25) is 0 Å². The number of aromatic nitrogens is 3. The third-order valence-electron chi connectivity index (χ3n) is 5.65. The first-order chi connectivity index (χ1) is 14.6. The number of amides is 1. The van der Waals surface area contributed by atoms with Crippen LogP contribution >= 0.6 is 0 Å². The standard InChI is InChI=1S/C22H20F4N4O/c1-21(2)12-11-17(15-5-3-4-6-16(15)21)27-20(31)18-19(22(24,25)26)30(29-28-18)14-9-7-13(23)8-10-14/h3-10,17H,11-12H2,1-2H3,(H,27,31). The molecular weight excluding hydrogens is 412 g/mol. The van der Waals surface area contributed by atoms with Crippen molar-refractivity contribution in [3.05, 3.63) is 76.9 Å². The van der Waals surface area contributed by atoms with Gasteiger partial charge in [-0.1, -0.05) is 43.3 Å². The fourth-order valence-corrected chi connectivity index (χ4v) is 4.04. The van der Waals surface area contributed by atoms with Crippen molar-refractivity contribution in [1.82, 2.24) is 20.3 Å². The highest BCUT2D eigenvalue weighted by molar-refractivity contribution is 5.94. The second kappa shape index (κ2) is 7.47. The number of benzene rings is 2. The number of fused-ring (bicyclic) bond motifs is 1. The quantitative estimate of drug-likeness (QED) is 0.595. The highest BCUT2D eigenvalue weighted by atomic mass is 19.4. The van der Waals surface area contributed by atoms with Gasteiger partial charge in [0.25, 0.3) is 5.91 Å². The summed E-state index contributed by atoms with van der Waals surface area (Å²) in [5.74, 6) is -1.56. The lowest BCUT2D eigenvalue weighted by Gasteiger charge is -2.37. The Hall–Kier alpha value is -3.23. The molecule has 1 heterocycles. The average molecular weight is 432 g/mol. The largest absolute Gasteiger partial charge is 0.435 e. The van der Waals surface area contributed by atoms with Gasteiger partial charge in [0.15, 0.2) is 11.4 Å². The van der Waals surface area contributed by atoms with Crippen LogP contribution in [0.4, 0.5) is 17.6 Å². The van der Waals surface area contributed by atoms with E-state index >= 15 is 0 Å². The van der Waals surface area contributed by atoms with Gasteiger partial charge in [-0.2, -0.15) is 13.2 Å². The highest BCUT2D eigenvalue weighted by Crippen LogP contribution is 2.41. The van der Waals surface area contributed by atoms with E-state index in [1.54, 1.807) is 0 Å². The molecule has 3 aromatic rings. The molecule has 0 saturated heterocycles. The molecule has 162 valence electrons. The minimum Gasteiger partial charge on any atom is -0.344 e. The summed E-state index contributed by atoms with van der Waals surface area (Å²) >= 11 is 0. The molecule has 0 fully saturated rings. The van der Waals surface area contributed by atoms with Gasteiger partial charge >= 0.3 is 6.18 Å². The molecule has 1 amide bonds. The first kappa shape index (κ1) is 21.0. The molecule has 31 heavy (non-hydrogen) atoms. The maximum absolute atomic E-state index is 13.8. The summed E-state index contributed by atoms with van der Waals surface area (Å²) in [5.41, 5.74) is -0.338. The predicted molar refractivity (Wildman–Crippen MR) is 105 cm³/mol. The van der Waals surface area contributed by atoms with E-state index in [0.717, 1.165) is 41.8 Å². The molecule has 5 nitrogen and oxygen atoms in total. The molecule has 1 aromatic heterocycles. The van der Waals surface area contributed by atoms with Crippen LogP contribution in [0, 0.1) is 5.82 Å². The SMILES string of the molecule is CC1(C)CCC(NC(=O)c2nnn(-c3ccc(F)cc3)c2C(F)(F)F)c2ccccc21. The van der Waals surface area contributed by atoms with E-state index in [0.29, 0.717) is 11.1 Å². The van der Waals surface area contributed by atoms with Gasteiger partial charge < -0.3 is 5.32 Å². The van der Waals surface area contributed by atoms with Crippen LogP contribution in [0.25, 0.3) is 5.69 Å². The average Bonchev–Trinajstić information content (AvgIpc) is 3.17. The maximum atomic E-state index is 13.8. The molecule has 1 unspecified atom stereocenters. The van der Waals surface area contributed by atoms with Gasteiger partial charge in [-0.15, -0.1) is 5.10 Å². The number of nitrogens with one attached hydrogen (secondary N) is 1. The van der Waals surface area contributed by atoms with Crippen molar-refractivity contribution < 1.29 is 22.4 Å². The smallest absolute Gasteiger partial charge is 0.344 e. The van der Waals surface area contributed by atoms with Crippen molar-refractivity contribution in [2.45, 2.75) is 44.3 Å². The minimum absolute atomic E-state index is 0.0509. The normalized spacial score (nSPS) is 17.8. The molecular formula is C22H20F4N4O. The van der Waals surface area contributed by atoms with Gasteiger partial charge in [0.05, 0.1) is 11.7 Å². The van der Waals surface area contributed by atoms with E-state index in [2.05, 4.69) is 29.5 Å². The van der Waals surface area contributed by atoms with Gasteiger partial charge in [0.1, 0.15) is 5.82 Å². The van der Waals surface area contributed by atoms with E-state index < -0.39 is 35.3 Å². The molecule has 4 rings (SSSR count). The lowest BCUT2D eigenvalue weighted by atomic mass is 9.71. The van der Waals surface area contributed by atoms with E-state index in [-0.39, 0.29) is 11.1 Å². The van der Waals surface area contributed by atoms with Crippen molar-refractivity contribution in [1.29, 1.82) is 0 Å². The summed E-state index contributed by atoms with van der Waals surface area (Å²) in [6, 6.07) is 11.5. The van der Waals surface area contributed by atoms with E-state index in [9.17, 15) is 22.4 Å². The van der Waals surface area contributed by atoms with Crippen LogP contribution in [0.15, 0.2) is 48.5 Å². The number of halogens is 4. The second-order valence-electron chi connectivity index (χ2n) is 8.21. The lowest BCUT2D eigenvalue weighted by Crippen LogP contribution is -2.36. The van der Waals surface area contributed by atoms with Crippen LogP contribution in [-0.4, -0.2) is 20.9 Å². The number of rotatable bonds is 3. The molecule has 0 spiro atoms. The summed E-state index contributed by atoms with van der Waals surface area (Å²) in [6.07, 6.45) is -3.54. The van der Waals surface area contributed by atoms with E-state index in [1.807, 2.05) is 24.3 Å². The van der Waals surface area contributed by atoms with Gasteiger partial charge in [0, 0.05) is 0 Å². The Morgan fingerprint density at radius 3 is 2.48 bits per heavy atom. The Balaban J connectivity index is 1.69. The van der Waals surface area contributed by atoms with Crippen molar-refractivity contribution in [3.8, 4) is 5.69 Å². The number of carbonyl (C=O) groups excluding carboxylic acids is 1. The van der Waals surface area contributed by atoms with E-state index in [4.69, 9.17) is 0 Å². The summed E-state index contributed by atoms with van der Waals surface area (Å²) in [6.45, 7) is 4.19. The number of alkyl halides is 3. The Kier molecular flexibility index (Phi) is 5.07. The van der Waals surface area contributed by atoms with Crippen molar-refractivity contribution >= 4 is 5.91 Å². The molecule has 9 heteroatoms.